The molecule has 4 heteroatoms. The van der Waals surface area contributed by atoms with Crippen molar-refractivity contribution in [2.45, 2.75) is 13.0 Å². The molecule has 0 aromatic rings. The molecule has 0 aliphatic heterocycles. The number of hydrogen-bond donors (Lipinski definition) is 1. The van der Waals surface area contributed by atoms with Crippen molar-refractivity contribution in [3.63, 3.8) is 0 Å². The van der Waals surface area contributed by atoms with Gasteiger partial charge in [-0.3, -0.25) is 9.69 Å². The number of carboxylic acids is 1. The molecule has 1 atom stereocenters. The Morgan fingerprint density at radius 2 is 2.00 bits per heavy atom. The summed E-state index contributed by atoms with van der Waals surface area (Å²) in [5.41, 5.74) is 0. The Balaban J connectivity index is -0.0000000817. The summed E-state index contributed by atoms with van der Waals surface area (Å²) in [6.07, 6.45) is 0. The van der Waals surface area contributed by atoms with Crippen LogP contribution < -0.4 is 0 Å². The number of carboxylic acid groups (broad SMARTS) is 1. The smallest absolute Gasteiger partial charge is 1.00 e. The van der Waals surface area contributed by atoms with Crippen LogP contribution in [0.4, 0.5) is 0 Å². The number of rotatable bonds is 2. The minimum Gasteiger partial charge on any atom is -1.00 e. The van der Waals surface area contributed by atoms with Gasteiger partial charge < -0.3 is 7.96 Å². The van der Waals surface area contributed by atoms with Crippen LogP contribution in [-0.4, -0.2) is 73.9 Å². The Kier molecular flexibility index (Phi) is 7.52. The van der Waals surface area contributed by atoms with Crippen LogP contribution in [-0.2, 0) is 4.79 Å². The van der Waals surface area contributed by atoms with Crippen molar-refractivity contribution < 1.29 is 12.8 Å². The SMILES string of the molecule is CC(C(=O)O)N(C)C.[Ca+2].[H-].[H-]. The molecule has 0 aromatic carbocycles. The molecule has 52 valence electrons. The molecule has 0 fully saturated rings. The largest absolute Gasteiger partial charge is 2.00 e. The van der Waals surface area contributed by atoms with Crippen molar-refractivity contribution in [2.75, 3.05) is 14.1 Å². The second kappa shape index (κ2) is 5.47. The normalized spacial score (nSPS) is 12.4. The third kappa shape index (κ3) is 5.15. The Bertz CT molecular complexity index is 102. The monoisotopic (exact) mass is 159 g/mol. The first kappa shape index (κ1) is 12.4. The van der Waals surface area contributed by atoms with E-state index < -0.39 is 5.97 Å². The van der Waals surface area contributed by atoms with Crippen LogP contribution >= 0.6 is 0 Å². The van der Waals surface area contributed by atoms with Crippen LogP contribution in [0.15, 0.2) is 0 Å². The van der Waals surface area contributed by atoms with E-state index in [0.29, 0.717) is 0 Å². The minimum absolute atomic E-state index is 0. The molecular weight excluding hydrogens is 146 g/mol. The van der Waals surface area contributed by atoms with E-state index in [9.17, 15) is 4.79 Å². The number of likely N-dealkylation sites (N-methyl/N-ethyl adjacent to an activating group) is 1. The fourth-order valence-electron chi connectivity index (χ4n) is 0.221. The van der Waals surface area contributed by atoms with E-state index in [2.05, 4.69) is 0 Å². The van der Waals surface area contributed by atoms with Crippen molar-refractivity contribution in [1.82, 2.24) is 4.90 Å². The first-order valence-corrected chi connectivity index (χ1v) is 2.45. The summed E-state index contributed by atoms with van der Waals surface area (Å²) in [5, 5.41) is 8.31. The minimum atomic E-state index is -0.782. The predicted molar refractivity (Wildman–Crippen MR) is 38.8 cm³/mol. The van der Waals surface area contributed by atoms with E-state index in [1.165, 1.54) is 0 Å². The topological polar surface area (TPSA) is 40.5 Å². The third-order valence-corrected chi connectivity index (χ3v) is 1.13. The molecule has 1 N–H and O–H groups in total. The zero-order valence-corrected chi connectivity index (χ0v) is 8.30. The maximum Gasteiger partial charge on any atom is 2.00 e. The summed E-state index contributed by atoms with van der Waals surface area (Å²) in [6, 6.07) is -0.380. The molecule has 0 saturated carbocycles. The summed E-state index contributed by atoms with van der Waals surface area (Å²) < 4.78 is 0. The maximum atomic E-state index is 10.1. The second-order valence-corrected chi connectivity index (χ2v) is 1.98. The van der Waals surface area contributed by atoms with E-state index in [4.69, 9.17) is 5.11 Å². The zero-order chi connectivity index (χ0) is 6.73. The van der Waals surface area contributed by atoms with Crippen LogP contribution in [0.1, 0.15) is 9.78 Å². The molecule has 1 unspecified atom stereocenters. The van der Waals surface area contributed by atoms with E-state index in [0.717, 1.165) is 0 Å². The molecule has 9 heavy (non-hydrogen) atoms. The van der Waals surface area contributed by atoms with Crippen molar-refractivity contribution in [3.8, 4) is 0 Å². The summed E-state index contributed by atoms with van der Waals surface area (Å²) in [4.78, 5) is 11.7. The van der Waals surface area contributed by atoms with Crippen LogP contribution in [0.2, 0.25) is 0 Å². The molecule has 3 nitrogen and oxygen atoms in total. The van der Waals surface area contributed by atoms with Crippen molar-refractivity contribution in [3.05, 3.63) is 0 Å². The van der Waals surface area contributed by atoms with Crippen LogP contribution in [0.3, 0.4) is 0 Å². The first-order valence-electron chi connectivity index (χ1n) is 2.45. The Labute approximate surface area is 88.0 Å². The van der Waals surface area contributed by atoms with Gasteiger partial charge >= 0.3 is 43.7 Å². The molecule has 0 aliphatic carbocycles. The maximum absolute atomic E-state index is 10.1. The van der Waals surface area contributed by atoms with Crippen LogP contribution in [0.25, 0.3) is 0 Å². The summed E-state index contributed by atoms with van der Waals surface area (Å²) in [7, 11) is 3.47. The van der Waals surface area contributed by atoms with Crippen molar-refractivity contribution in [1.29, 1.82) is 0 Å². The van der Waals surface area contributed by atoms with Gasteiger partial charge in [-0.15, -0.1) is 0 Å². The van der Waals surface area contributed by atoms with Gasteiger partial charge in [0.1, 0.15) is 6.04 Å². The van der Waals surface area contributed by atoms with E-state index >= 15 is 0 Å². The molecule has 0 saturated heterocycles. The predicted octanol–water partition coefficient (Wildman–Crippen LogP) is -0.135. The number of carbonyl (C=O) groups is 1. The van der Waals surface area contributed by atoms with Crippen LogP contribution in [0.5, 0.6) is 0 Å². The van der Waals surface area contributed by atoms with Gasteiger partial charge in [0.2, 0.25) is 0 Å². The standard InChI is InChI=1S/C5H11NO2.Ca.2H/c1-4(5(7)8)6(2)3;;;/h4H,1-3H3,(H,7,8);;;/q;+2;2*-1. The average Bonchev–Trinajstić information content (AvgIpc) is 1.64. The quantitative estimate of drug-likeness (QED) is 0.570. The molecule has 0 aliphatic rings. The zero-order valence-electron chi connectivity index (χ0n) is 8.09. The fraction of sp³-hybridized carbons (Fsp3) is 0.800. The van der Waals surface area contributed by atoms with E-state index in [-0.39, 0.29) is 46.6 Å². The van der Waals surface area contributed by atoms with E-state index in [1.807, 2.05) is 0 Å². The van der Waals surface area contributed by atoms with Crippen molar-refractivity contribution >= 4 is 43.7 Å². The summed E-state index contributed by atoms with van der Waals surface area (Å²) >= 11 is 0. The van der Waals surface area contributed by atoms with Gasteiger partial charge in [-0.2, -0.15) is 0 Å². The Hall–Kier alpha value is 0.690. The molecule has 0 radical (unpaired) electrons. The summed E-state index contributed by atoms with van der Waals surface area (Å²) in [6.45, 7) is 1.64. The molecule has 0 heterocycles. The summed E-state index contributed by atoms with van der Waals surface area (Å²) in [5.74, 6) is -0.782. The first-order chi connectivity index (χ1) is 3.55. The van der Waals surface area contributed by atoms with Gasteiger partial charge in [0.25, 0.3) is 0 Å². The van der Waals surface area contributed by atoms with Crippen molar-refractivity contribution in [2.24, 2.45) is 0 Å². The molecule has 0 amide bonds. The van der Waals surface area contributed by atoms with Gasteiger partial charge in [-0.25, -0.2) is 0 Å². The Morgan fingerprint density at radius 1 is 1.67 bits per heavy atom. The van der Waals surface area contributed by atoms with Gasteiger partial charge in [-0.1, -0.05) is 0 Å². The fourth-order valence-corrected chi connectivity index (χ4v) is 0.221. The molecule has 0 rings (SSSR count). The molecule has 0 spiro atoms. The number of nitrogens with zero attached hydrogens (tertiary/aromatic N) is 1. The van der Waals surface area contributed by atoms with Gasteiger partial charge in [-0.05, 0) is 21.0 Å². The molecular formula is C5H13CaNO2. The Morgan fingerprint density at radius 3 is 2.00 bits per heavy atom. The second-order valence-electron chi connectivity index (χ2n) is 1.98. The van der Waals surface area contributed by atoms with Gasteiger partial charge in [0.15, 0.2) is 0 Å². The van der Waals surface area contributed by atoms with Gasteiger partial charge in [0.05, 0.1) is 0 Å². The van der Waals surface area contributed by atoms with Crippen LogP contribution in [0, 0.1) is 0 Å². The third-order valence-electron chi connectivity index (χ3n) is 1.13. The number of hydrogen-bond acceptors (Lipinski definition) is 2. The number of aliphatic carboxylic acids is 1. The molecule has 0 aromatic heterocycles. The molecule has 0 bridgehead atoms. The van der Waals surface area contributed by atoms with Gasteiger partial charge in [0, 0.05) is 0 Å². The average molecular weight is 159 g/mol. The van der Waals surface area contributed by atoms with E-state index in [1.54, 1.807) is 25.9 Å².